The van der Waals surface area contributed by atoms with E-state index in [2.05, 4.69) is 5.32 Å². The van der Waals surface area contributed by atoms with Crippen molar-refractivity contribution in [1.82, 2.24) is 0 Å². The quantitative estimate of drug-likeness (QED) is 0.891. The molecule has 0 aliphatic heterocycles. The molecular weight excluding hydrogens is 285 g/mol. The summed E-state index contributed by atoms with van der Waals surface area (Å²) in [6.45, 7) is 3.96. The van der Waals surface area contributed by atoms with E-state index in [1.54, 1.807) is 12.1 Å². The van der Waals surface area contributed by atoms with Crippen molar-refractivity contribution in [3.63, 3.8) is 0 Å². The lowest BCUT2D eigenvalue weighted by molar-refractivity contribution is -0.113. The Hall–Kier alpha value is -1.81. The fourth-order valence-corrected chi connectivity index (χ4v) is 2.82. The van der Waals surface area contributed by atoms with Crippen molar-refractivity contribution in [3.05, 3.63) is 65.0 Å². The third kappa shape index (κ3) is 4.60. The molecule has 2 nitrogen and oxygen atoms in total. The van der Waals surface area contributed by atoms with Gasteiger partial charge in [-0.15, -0.1) is 11.8 Å². The minimum Gasteiger partial charge on any atom is -0.325 e. The predicted octanol–water partition coefficient (Wildman–Crippen LogP) is 4.31. The van der Waals surface area contributed by atoms with E-state index in [1.165, 1.54) is 23.9 Å². The summed E-state index contributed by atoms with van der Waals surface area (Å²) in [6, 6.07) is 12.3. The van der Waals surface area contributed by atoms with Crippen LogP contribution in [0.3, 0.4) is 0 Å². The van der Waals surface area contributed by atoms with E-state index in [4.69, 9.17) is 0 Å². The third-order valence-electron chi connectivity index (χ3n) is 3.16. The first kappa shape index (κ1) is 15.6. The molecule has 21 heavy (non-hydrogen) atoms. The van der Waals surface area contributed by atoms with Gasteiger partial charge in [0.15, 0.2) is 0 Å². The highest BCUT2D eigenvalue weighted by Gasteiger charge is 2.07. The number of hydrogen-bond acceptors (Lipinski definition) is 2. The summed E-state index contributed by atoms with van der Waals surface area (Å²) in [5.74, 6) is 0.821. The number of nitrogens with one attached hydrogen (secondary N) is 1. The molecule has 0 aliphatic rings. The van der Waals surface area contributed by atoms with Gasteiger partial charge >= 0.3 is 0 Å². The Balaban J connectivity index is 1.84. The average Bonchev–Trinajstić information content (AvgIpc) is 2.45. The molecule has 0 spiro atoms. The fraction of sp³-hybridized carbons (Fsp3) is 0.235. The maximum atomic E-state index is 12.8. The molecule has 110 valence electrons. The number of amides is 1. The van der Waals surface area contributed by atoms with E-state index in [9.17, 15) is 9.18 Å². The minimum absolute atomic E-state index is 0.0143. The Bertz CT molecular complexity index is 605. The van der Waals surface area contributed by atoms with E-state index in [0.29, 0.717) is 11.5 Å². The van der Waals surface area contributed by atoms with Crippen molar-refractivity contribution in [2.75, 3.05) is 11.1 Å². The van der Waals surface area contributed by atoms with Gasteiger partial charge in [-0.05, 0) is 42.7 Å². The minimum atomic E-state index is -0.239. The van der Waals surface area contributed by atoms with Crippen LogP contribution < -0.4 is 5.32 Å². The lowest BCUT2D eigenvalue weighted by Gasteiger charge is -2.11. The third-order valence-corrected chi connectivity index (χ3v) is 4.16. The van der Waals surface area contributed by atoms with Crippen LogP contribution in [0, 0.1) is 19.7 Å². The van der Waals surface area contributed by atoms with Crippen LogP contribution in [-0.2, 0) is 10.5 Å². The molecule has 1 N–H and O–H groups in total. The second kappa shape index (κ2) is 7.27. The van der Waals surface area contributed by atoms with Gasteiger partial charge in [0.1, 0.15) is 5.82 Å². The van der Waals surface area contributed by atoms with Crippen LogP contribution in [0.25, 0.3) is 0 Å². The van der Waals surface area contributed by atoms with Gasteiger partial charge in [0.2, 0.25) is 5.91 Å². The number of hydrogen-bond donors (Lipinski definition) is 1. The van der Waals surface area contributed by atoms with Crippen LogP contribution in [0.1, 0.15) is 16.7 Å². The number of rotatable bonds is 5. The van der Waals surface area contributed by atoms with Gasteiger partial charge in [-0.25, -0.2) is 4.39 Å². The molecule has 0 aromatic heterocycles. The maximum absolute atomic E-state index is 12.8. The molecule has 4 heteroatoms. The van der Waals surface area contributed by atoms with Gasteiger partial charge in [-0.2, -0.15) is 0 Å². The van der Waals surface area contributed by atoms with E-state index >= 15 is 0 Å². The van der Waals surface area contributed by atoms with Crippen LogP contribution in [0.2, 0.25) is 0 Å². The van der Waals surface area contributed by atoms with Crippen LogP contribution >= 0.6 is 11.8 Å². The largest absolute Gasteiger partial charge is 0.325 e. The Morgan fingerprint density at radius 1 is 1.10 bits per heavy atom. The number of aryl methyl sites for hydroxylation is 2. The number of carbonyl (C=O) groups excluding carboxylic acids is 1. The zero-order valence-corrected chi connectivity index (χ0v) is 13.0. The second-order valence-corrected chi connectivity index (χ2v) is 5.92. The standard InChI is InChI=1S/C17H18FNOS/c1-12-4-3-5-13(2)17(12)19-16(20)11-21-10-14-6-8-15(18)9-7-14/h3-9H,10-11H2,1-2H3,(H,19,20). The van der Waals surface area contributed by atoms with E-state index in [0.717, 1.165) is 22.4 Å². The monoisotopic (exact) mass is 303 g/mol. The predicted molar refractivity (Wildman–Crippen MR) is 87.1 cm³/mol. The van der Waals surface area contributed by atoms with Crippen molar-refractivity contribution in [1.29, 1.82) is 0 Å². The number of thioether (sulfide) groups is 1. The molecule has 0 heterocycles. The highest BCUT2D eigenvalue weighted by molar-refractivity contribution is 7.99. The average molecular weight is 303 g/mol. The van der Waals surface area contributed by atoms with Crippen molar-refractivity contribution in [3.8, 4) is 0 Å². The van der Waals surface area contributed by atoms with Crippen molar-refractivity contribution in [2.45, 2.75) is 19.6 Å². The second-order valence-electron chi connectivity index (χ2n) is 4.93. The summed E-state index contributed by atoms with van der Waals surface area (Å²) in [4.78, 5) is 12.0. The SMILES string of the molecule is Cc1cccc(C)c1NC(=O)CSCc1ccc(F)cc1. The van der Waals surface area contributed by atoms with E-state index < -0.39 is 0 Å². The molecule has 0 saturated carbocycles. The molecule has 0 atom stereocenters. The molecular formula is C17H18FNOS. The van der Waals surface area contributed by atoms with Crippen molar-refractivity contribution in [2.24, 2.45) is 0 Å². The first-order chi connectivity index (χ1) is 10.1. The number of anilines is 1. The summed E-state index contributed by atoms with van der Waals surface area (Å²) in [5.41, 5.74) is 4.03. The number of halogens is 1. The van der Waals surface area contributed by atoms with Crippen molar-refractivity contribution >= 4 is 23.4 Å². The molecule has 0 bridgehead atoms. The van der Waals surface area contributed by atoms with Crippen LogP contribution in [0.15, 0.2) is 42.5 Å². The summed E-state index contributed by atoms with van der Waals surface area (Å²) in [6.07, 6.45) is 0. The molecule has 0 saturated heterocycles. The Morgan fingerprint density at radius 2 is 1.71 bits per heavy atom. The molecule has 2 aromatic carbocycles. The highest BCUT2D eigenvalue weighted by Crippen LogP contribution is 2.20. The van der Waals surface area contributed by atoms with E-state index in [1.807, 2.05) is 32.0 Å². The first-order valence-corrected chi connectivity index (χ1v) is 7.90. The molecule has 2 rings (SSSR count). The summed E-state index contributed by atoms with van der Waals surface area (Å²) in [5, 5.41) is 2.95. The number of para-hydroxylation sites is 1. The lowest BCUT2D eigenvalue weighted by atomic mass is 10.1. The topological polar surface area (TPSA) is 29.1 Å². The molecule has 2 aromatic rings. The number of carbonyl (C=O) groups is 1. The van der Waals surface area contributed by atoms with Gasteiger partial charge in [-0.3, -0.25) is 4.79 Å². The first-order valence-electron chi connectivity index (χ1n) is 6.74. The molecule has 0 aliphatic carbocycles. The molecule has 0 radical (unpaired) electrons. The van der Waals surface area contributed by atoms with Crippen LogP contribution in [-0.4, -0.2) is 11.7 Å². The zero-order chi connectivity index (χ0) is 15.2. The van der Waals surface area contributed by atoms with Crippen molar-refractivity contribution < 1.29 is 9.18 Å². The zero-order valence-electron chi connectivity index (χ0n) is 12.2. The van der Waals surface area contributed by atoms with Gasteiger partial charge in [0.05, 0.1) is 5.75 Å². The van der Waals surface area contributed by atoms with E-state index in [-0.39, 0.29) is 11.7 Å². The normalized spacial score (nSPS) is 10.4. The van der Waals surface area contributed by atoms with Gasteiger partial charge in [-0.1, -0.05) is 30.3 Å². The fourth-order valence-electron chi connectivity index (χ4n) is 2.03. The maximum Gasteiger partial charge on any atom is 0.234 e. The molecule has 1 amide bonds. The summed E-state index contributed by atoms with van der Waals surface area (Å²) < 4.78 is 12.8. The Labute approximate surface area is 128 Å². The molecule has 0 fully saturated rings. The van der Waals surface area contributed by atoms with Crippen LogP contribution in [0.5, 0.6) is 0 Å². The summed E-state index contributed by atoms with van der Waals surface area (Å²) >= 11 is 1.52. The molecule has 0 unspecified atom stereocenters. The number of benzene rings is 2. The van der Waals surface area contributed by atoms with Gasteiger partial charge < -0.3 is 5.32 Å². The van der Waals surface area contributed by atoms with Gasteiger partial charge in [0, 0.05) is 11.4 Å². The van der Waals surface area contributed by atoms with Crippen LogP contribution in [0.4, 0.5) is 10.1 Å². The highest BCUT2D eigenvalue weighted by atomic mass is 32.2. The Morgan fingerprint density at radius 3 is 2.33 bits per heavy atom. The summed E-state index contributed by atoms with van der Waals surface area (Å²) in [7, 11) is 0. The lowest BCUT2D eigenvalue weighted by Crippen LogP contribution is -2.15. The van der Waals surface area contributed by atoms with Gasteiger partial charge in [0.25, 0.3) is 0 Å². The smallest absolute Gasteiger partial charge is 0.234 e. The Kier molecular flexibility index (Phi) is 5.39.